The number of hydrogen-bond acceptors (Lipinski definition) is 6. The van der Waals surface area contributed by atoms with E-state index in [-0.39, 0.29) is 0 Å². The van der Waals surface area contributed by atoms with Crippen LogP contribution < -0.4 is 0 Å². The summed E-state index contributed by atoms with van der Waals surface area (Å²) in [5.41, 5.74) is 3.65. The average Bonchev–Trinajstić information content (AvgIpc) is 3.10. The van der Waals surface area contributed by atoms with E-state index >= 15 is 0 Å². The van der Waals surface area contributed by atoms with Gasteiger partial charge in [-0.15, -0.1) is 11.3 Å². The van der Waals surface area contributed by atoms with Crippen molar-refractivity contribution in [3.63, 3.8) is 0 Å². The van der Waals surface area contributed by atoms with Gasteiger partial charge in [-0.1, -0.05) is 0 Å². The van der Waals surface area contributed by atoms with Gasteiger partial charge >= 0.3 is 0 Å². The summed E-state index contributed by atoms with van der Waals surface area (Å²) in [5, 5.41) is 0. The summed E-state index contributed by atoms with van der Waals surface area (Å²) in [4.78, 5) is 14.1. The first-order valence-corrected chi connectivity index (χ1v) is 10.1. The molecule has 1 aliphatic rings. The second-order valence-corrected chi connectivity index (χ2v) is 9.08. The Bertz CT molecular complexity index is 769. The van der Waals surface area contributed by atoms with Gasteiger partial charge in [-0.2, -0.15) is 17.0 Å². The molecular weight excluding hydrogens is 346 g/mol. The predicted octanol–water partition coefficient (Wildman–Crippen LogP) is 1.66. The van der Waals surface area contributed by atoms with Crippen LogP contribution in [0, 0.1) is 5.92 Å². The summed E-state index contributed by atoms with van der Waals surface area (Å²) < 4.78 is 27.2. The Balaban J connectivity index is 1.68. The van der Waals surface area contributed by atoms with Crippen LogP contribution >= 0.6 is 11.3 Å². The van der Waals surface area contributed by atoms with Gasteiger partial charge in [-0.25, -0.2) is 0 Å². The van der Waals surface area contributed by atoms with Crippen molar-refractivity contribution in [2.45, 2.75) is 19.3 Å². The largest absolute Gasteiger partial charge is 0.281 e. The molecule has 0 unspecified atom stereocenters. The van der Waals surface area contributed by atoms with Crippen LogP contribution in [0.25, 0.3) is 10.6 Å². The fraction of sp³-hybridized carbons (Fsp3) is 0.533. The molecule has 3 heterocycles. The lowest BCUT2D eigenvalue weighted by molar-refractivity contribution is 0.261. The molecule has 0 bridgehead atoms. The smallest absolute Gasteiger partial charge is 0.257 e. The van der Waals surface area contributed by atoms with Gasteiger partial charge in [0.25, 0.3) is 10.2 Å². The quantitative estimate of drug-likeness (QED) is 0.803. The highest BCUT2D eigenvalue weighted by molar-refractivity contribution is 7.86. The zero-order valence-corrected chi connectivity index (χ0v) is 15.4. The molecule has 1 aliphatic heterocycles. The van der Waals surface area contributed by atoms with Crippen molar-refractivity contribution >= 4 is 21.5 Å². The van der Waals surface area contributed by atoms with Crippen molar-refractivity contribution in [3.8, 4) is 10.6 Å². The first kappa shape index (κ1) is 17.4. The van der Waals surface area contributed by atoms with Gasteiger partial charge in [0, 0.05) is 45.8 Å². The molecule has 130 valence electrons. The number of hydrogen-bond donors (Lipinski definition) is 0. The SMILES string of the molecule is CN(C)S(=O)(=O)N1CCC(Cc2nccnc2-c2cncs2)CC1. The summed E-state index contributed by atoms with van der Waals surface area (Å²) in [6.07, 6.45) is 7.72. The minimum atomic E-state index is -3.31. The fourth-order valence-corrected chi connectivity index (χ4v) is 4.68. The molecule has 0 spiro atoms. The molecule has 0 saturated carbocycles. The molecule has 0 N–H and O–H groups in total. The topological polar surface area (TPSA) is 79.3 Å². The molecule has 0 aliphatic carbocycles. The second kappa shape index (κ2) is 7.22. The Morgan fingerprint density at radius 3 is 2.58 bits per heavy atom. The summed E-state index contributed by atoms with van der Waals surface area (Å²) >= 11 is 1.55. The Morgan fingerprint density at radius 2 is 1.96 bits per heavy atom. The molecule has 0 aromatic carbocycles. The maximum absolute atomic E-state index is 12.2. The summed E-state index contributed by atoms with van der Waals surface area (Å²) in [6.45, 7) is 1.11. The van der Waals surface area contributed by atoms with Crippen LogP contribution in [0.15, 0.2) is 24.1 Å². The van der Waals surface area contributed by atoms with Crippen molar-refractivity contribution in [2.24, 2.45) is 5.92 Å². The number of piperidine rings is 1. The van der Waals surface area contributed by atoms with Crippen LogP contribution in [0.5, 0.6) is 0 Å². The van der Waals surface area contributed by atoms with Gasteiger partial charge in [-0.3, -0.25) is 15.0 Å². The number of thiazole rings is 1. The Hall–Kier alpha value is -1.42. The first-order chi connectivity index (χ1) is 11.5. The fourth-order valence-electron chi connectivity index (χ4n) is 2.90. The zero-order valence-electron chi connectivity index (χ0n) is 13.8. The van der Waals surface area contributed by atoms with E-state index in [0.29, 0.717) is 19.0 Å². The van der Waals surface area contributed by atoms with Crippen molar-refractivity contribution < 1.29 is 8.42 Å². The minimum Gasteiger partial charge on any atom is -0.257 e. The molecule has 1 fully saturated rings. The minimum absolute atomic E-state index is 0.419. The highest BCUT2D eigenvalue weighted by Gasteiger charge is 2.30. The molecule has 0 amide bonds. The molecule has 1 saturated heterocycles. The predicted molar refractivity (Wildman–Crippen MR) is 93.7 cm³/mol. The lowest BCUT2D eigenvalue weighted by Crippen LogP contribution is -2.44. The number of nitrogens with zero attached hydrogens (tertiary/aromatic N) is 5. The summed E-state index contributed by atoms with van der Waals surface area (Å²) in [6, 6.07) is 0. The van der Waals surface area contributed by atoms with Crippen molar-refractivity contribution in [1.29, 1.82) is 0 Å². The van der Waals surface area contributed by atoms with E-state index < -0.39 is 10.2 Å². The van der Waals surface area contributed by atoms with Crippen LogP contribution in [0.2, 0.25) is 0 Å². The van der Waals surface area contributed by atoms with E-state index in [1.807, 2.05) is 6.20 Å². The van der Waals surface area contributed by atoms with E-state index in [0.717, 1.165) is 35.5 Å². The maximum Gasteiger partial charge on any atom is 0.281 e. The third-order valence-corrected chi connectivity index (χ3v) is 7.00. The summed E-state index contributed by atoms with van der Waals surface area (Å²) in [7, 11) is -0.164. The maximum atomic E-state index is 12.2. The molecule has 2 aromatic heterocycles. The van der Waals surface area contributed by atoms with Crippen LogP contribution in [0.3, 0.4) is 0 Å². The van der Waals surface area contributed by atoms with Crippen LogP contribution in [0.1, 0.15) is 18.5 Å². The Kier molecular flexibility index (Phi) is 5.24. The molecule has 7 nitrogen and oxygen atoms in total. The summed E-state index contributed by atoms with van der Waals surface area (Å²) in [5.74, 6) is 0.419. The standard InChI is InChI=1S/C15H21N5O2S2/c1-19(2)24(21,22)20-7-3-12(4-8-20)9-13-15(18-6-5-17-13)14-10-16-11-23-14/h5-6,10-12H,3-4,7-9H2,1-2H3. The van der Waals surface area contributed by atoms with Crippen LogP contribution in [-0.2, 0) is 16.6 Å². The van der Waals surface area contributed by atoms with E-state index in [9.17, 15) is 8.42 Å². The van der Waals surface area contributed by atoms with Gasteiger partial charge in [0.15, 0.2) is 0 Å². The molecule has 0 radical (unpaired) electrons. The molecular formula is C15H21N5O2S2. The van der Waals surface area contributed by atoms with Gasteiger partial charge in [0.05, 0.1) is 16.1 Å². The zero-order chi connectivity index (χ0) is 17.2. The molecule has 24 heavy (non-hydrogen) atoms. The van der Waals surface area contributed by atoms with E-state index in [1.165, 1.54) is 4.31 Å². The third-order valence-electron chi connectivity index (χ3n) is 4.28. The number of rotatable bonds is 5. The van der Waals surface area contributed by atoms with E-state index in [4.69, 9.17) is 0 Å². The Labute approximate surface area is 146 Å². The van der Waals surface area contributed by atoms with Gasteiger partial charge < -0.3 is 0 Å². The van der Waals surface area contributed by atoms with E-state index in [1.54, 1.807) is 47.6 Å². The second-order valence-electron chi connectivity index (χ2n) is 6.05. The third kappa shape index (κ3) is 3.64. The molecule has 3 rings (SSSR count). The number of aromatic nitrogens is 3. The first-order valence-electron chi connectivity index (χ1n) is 7.85. The average molecular weight is 368 g/mol. The van der Waals surface area contributed by atoms with Gasteiger partial charge in [0.2, 0.25) is 0 Å². The van der Waals surface area contributed by atoms with E-state index in [2.05, 4.69) is 15.0 Å². The van der Waals surface area contributed by atoms with Crippen molar-refractivity contribution in [3.05, 3.63) is 29.8 Å². The van der Waals surface area contributed by atoms with Crippen molar-refractivity contribution in [1.82, 2.24) is 23.6 Å². The molecule has 2 aromatic rings. The monoisotopic (exact) mass is 367 g/mol. The van der Waals surface area contributed by atoms with Crippen molar-refractivity contribution in [2.75, 3.05) is 27.2 Å². The van der Waals surface area contributed by atoms with Crippen LogP contribution in [-0.4, -0.2) is 59.2 Å². The van der Waals surface area contributed by atoms with Gasteiger partial charge in [-0.05, 0) is 25.2 Å². The Morgan fingerprint density at radius 1 is 1.25 bits per heavy atom. The van der Waals surface area contributed by atoms with Crippen LogP contribution in [0.4, 0.5) is 0 Å². The highest BCUT2D eigenvalue weighted by Crippen LogP contribution is 2.28. The molecule has 0 atom stereocenters. The highest BCUT2D eigenvalue weighted by atomic mass is 32.2. The van der Waals surface area contributed by atoms with Gasteiger partial charge in [0.1, 0.15) is 5.69 Å². The lowest BCUT2D eigenvalue weighted by Gasteiger charge is -2.32. The lowest BCUT2D eigenvalue weighted by atomic mass is 9.92. The molecule has 9 heteroatoms. The normalized spacial score (nSPS) is 17.5.